The number of nitrogens with one attached hydrogen (secondary N) is 1. The van der Waals surface area contributed by atoms with Crippen LogP contribution in [-0.4, -0.2) is 18.3 Å². The van der Waals surface area contributed by atoms with Crippen LogP contribution in [0.4, 0.5) is 0 Å². The minimum atomic E-state index is 0.592. The zero-order valence-corrected chi connectivity index (χ0v) is 14.6. The number of benzene rings is 1. The molecule has 1 N–H and O–H groups in total. The van der Waals surface area contributed by atoms with E-state index in [9.17, 15) is 0 Å². The summed E-state index contributed by atoms with van der Waals surface area (Å²) in [6.45, 7) is 5.54. The molecule has 1 heterocycles. The molecule has 21 heavy (non-hydrogen) atoms. The van der Waals surface area contributed by atoms with Gasteiger partial charge in [0, 0.05) is 16.7 Å². The fraction of sp³-hybridized carbons (Fsp3) is 0.444. The highest BCUT2D eigenvalue weighted by molar-refractivity contribution is 7.99. The van der Waals surface area contributed by atoms with E-state index in [1.54, 1.807) is 11.3 Å². The fourth-order valence-electron chi connectivity index (χ4n) is 2.28. The van der Waals surface area contributed by atoms with Gasteiger partial charge in [-0.15, -0.1) is 11.8 Å². The lowest BCUT2D eigenvalue weighted by atomic mass is 10.1. The van der Waals surface area contributed by atoms with Crippen molar-refractivity contribution in [2.45, 2.75) is 44.0 Å². The zero-order valence-electron chi connectivity index (χ0n) is 13.0. The van der Waals surface area contributed by atoms with E-state index in [0.29, 0.717) is 6.04 Å². The Kier molecular flexibility index (Phi) is 7.34. The molecule has 0 aliphatic rings. The molecular formula is C18H25NS2. The lowest BCUT2D eigenvalue weighted by Crippen LogP contribution is -2.32. The van der Waals surface area contributed by atoms with Crippen molar-refractivity contribution in [1.82, 2.24) is 5.32 Å². The number of rotatable bonds is 9. The Morgan fingerprint density at radius 2 is 2.10 bits per heavy atom. The smallest absolute Gasteiger partial charge is 0.0164 e. The van der Waals surface area contributed by atoms with E-state index < -0.39 is 0 Å². The van der Waals surface area contributed by atoms with Crippen molar-refractivity contribution < 1.29 is 0 Å². The third-order valence-electron chi connectivity index (χ3n) is 3.58. The first-order valence-corrected chi connectivity index (χ1v) is 9.65. The quantitative estimate of drug-likeness (QED) is 0.642. The van der Waals surface area contributed by atoms with Crippen molar-refractivity contribution in [3.05, 3.63) is 52.2 Å². The first-order chi connectivity index (χ1) is 10.3. The van der Waals surface area contributed by atoms with Gasteiger partial charge in [-0.3, -0.25) is 0 Å². The molecule has 114 valence electrons. The van der Waals surface area contributed by atoms with Crippen LogP contribution in [0.2, 0.25) is 0 Å². The Morgan fingerprint density at radius 1 is 1.24 bits per heavy atom. The molecule has 0 aliphatic carbocycles. The molecule has 0 bridgehead atoms. The zero-order chi connectivity index (χ0) is 14.9. The van der Waals surface area contributed by atoms with Gasteiger partial charge in [-0.2, -0.15) is 11.3 Å². The monoisotopic (exact) mass is 319 g/mol. The minimum Gasteiger partial charge on any atom is -0.313 e. The van der Waals surface area contributed by atoms with Gasteiger partial charge in [0.25, 0.3) is 0 Å². The summed E-state index contributed by atoms with van der Waals surface area (Å²) in [6, 6.07) is 11.5. The molecule has 2 rings (SSSR count). The summed E-state index contributed by atoms with van der Waals surface area (Å²) in [5.74, 6) is 1.15. The predicted molar refractivity (Wildman–Crippen MR) is 96.6 cm³/mol. The molecule has 1 aromatic heterocycles. The van der Waals surface area contributed by atoms with Crippen LogP contribution in [0.1, 0.15) is 30.9 Å². The van der Waals surface area contributed by atoms with Crippen LogP contribution in [-0.2, 0) is 6.42 Å². The summed E-state index contributed by atoms with van der Waals surface area (Å²) in [5, 5.41) is 8.15. The third kappa shape index (κ3) is 5.85. The SMILES string of the molecule is CCCNC(CCc1ccsc1)CSc1ccccc1C. The van der Waals surface area contributed by atoms with Gasteiger partial charge in [-0.1, -0.05) is 25.1 Å². The Morgan fingerprint density at radius 3 is 2.81 bits per heavy atom. The molecule has 0 saturated carbocycles. The predicted octanol–water partition coefficient (Wildman–Crippen LogP) is 5.15. The summed E-state index contributed by atoms with van der Waals surface area (Å²) in [5.41, 5.74) is 2.86. The second-order valence-electron chi connectivity index (χ2n) is 5.40. The first kappa shape index (κ1) is 16.6. The molecule has 1 nitrogen and oxygen atoms in total. The van der Waals surface area contributed by atoms with E-state index in [1.807, 2.05) is 11.8 Å². The molecule has 1 atom stereocenters. The Bertz CT molecular complexity index is 508. The molecule has 0 radical (unpaired) electrons. The van der Waals surface area contributed by atoms with Gasteiger partial charge in [0.15, 0.2) is 0 Å². The number of aryl methyl sites for hydroxylation is 2. The van der Waals surface area contributed by atoms with Crippen molar-refractivity contribution in [2.24, 2.45) is 0 Å². The maximum Gasteiger partial charge on any atom is 0.0164 e. The summed E-state index contributed by atoms with van der Waals surface area (Å²) in [4.78, 5) is 1.41. The van der Waals surface area contributed by atoms with Crippen LogP contribution in [0.15, 0.2) is 46.0 Å². The summed E-state index contributed by atoms with van der Waals surface area (Å²) < 4.78 is 0. The van der Waals surface area contributed by atoms with Crippen LogP contribution in [0.3, 0.4) is 0 Å². The summed E-state index contributed by atoms with van der Waals surface area (Å²) in [7, 11) is 0. The van der Waals surface area contributed by atoms with Crippen LogP contribution in [0, 0.1) is 6.92 Å². The van der Waals surface area contributed by atoms with E-state index in [1.165, 1.54) is 35.3 Å². The number of hydrogen-bond acceptors (Lipinski definition) is 3. The Labute approximate surface area is 137 Å². The highest BCUT2D eigenvalue weighted by atomic mass is 32.2. The molecule has 3 heteroatoms. The molecule has 1 aromatic carbocycles. The van der Waals surface area contributed by atoms with Crippen molar-refractivity contribution >= 4 is 23.1 Å². The minimum absolute atomic E-state index is 0.592. The molecule has 1 unspecified atom stereocenters. The highest BCUT2D eigenvalue weighted by Gasteiger charge is 2.10. The molecule has 0 saturated heterocycles. The second kappa shape index (κ2) is 9.29. The number of hydrogen-bond donors (Lipinski definition) is 1. The lowest BCUT2D eigenvalue weighted by Gasteiger charge is -2.18. The molecule has 0 aliphatic heterocycles. The Balaban J connectivity index is 1.85. The van der Waals surface area contributed by atoms with Gasteiger partial charge in [0.05, 0.1) is 0 Å². The van der Waals surface area contributed by atoms with Gasteiger partial charge >= 0.3 is 0 Å². The van der Waals surface area contributed by atoms with Crippen molar-refractivity contribution in [3.63, 3.8) is 0 Å². The van der Waals surface area contributed by atoms with Crippen molar-refractivity contribution in [3.8, 4) is 0 Å². The molecule has 2 aromatic rings. The van der Waals surface area contributed by atoms with Crippen molar-refractivity contribution in [2.75, 3.05) is 12.3 Å². The average molecular weight is 320 g/mol. The van der Waals surface area contributed by atoms with Crippen LogP contribution < -0.4 is 5.32 Å². The summed E-state index contributed by atoms with van der Waals surface area (Å²) in [6.07, 6.45) is 3.60. The molecule has 0 spiro atoms. The largest absolute Gasteiger partial charge is 0.313 e. The Hall–Kier alpha value is -0.770. The standard InChI is InChI=1S/C18H25NS2/c1-3-11-19-17(9-8-16-10-12-20-13-16)14-21-18-7-5-4-6-15(18)2/h4-7,10,12-13,17,19H,3,8-9,11,14H2,1-2H3. The van der Waals surface area contributed by atoms with E-state index >= 15 is 0 Å². The van der Waals surface area contributed by atoms with Gasteiger partial charge in [0.2, 0.25) is 0 Å². The van der Waals surface area contributed by atoms with Crippen LogP contribution >= 0.6 is 23.1 Å². The highest BCUT2D eigenvalue weighted by Crippen LogP contribution is 2.23. The molecule has 0 amide bonds. The van der Waals surface area contributed by atoms with Crippen LogP contribution in [0.5, 0.6) is 0 Å². The second-order valence-corrected chi connectivity index (χ2v) is 7.24. The topological polar surface area (TPSA) is 12.0 Å². The maximum atomic E-state index is 3.70. The normalized spacial score (nSPS) is 12.5. The number of thiophene rings is 1. The van der Waals surface area contributed by atoms with E-state index in [-0.39, 0.29) is 0 Å². The van der Waals surface area contributed by atoms with Gasteiger partial charge in [-0.25, -0.2) is 0 Å². The third-order valence-corrected chi connectivity index (χ3v) is 5.65. The molecular weight excluding hydrogens is 294 g/mol. The van der Waals surface area contributed by atoms with E-state index in [0.717, 1.165) is 12.3 Å². The van der Waals surface area contributed by atoms with Crippen LogP contribution in [0.25, 0.3) is 0 Å². The van der Waals surface area contributed by atoms with E-state index in [2.05, 4.69) is 60.3 Å². The number of thioether (sulfide) groups is 1. The van der Waals surface area contributed by atoms with Crippen molar-refractivity contribution in [1.29, 1.82) is 0 Å². The van der Waals surface area contributed by atoms with Gasteiger partial charge < -0.3 is 5.32 Å². The molecule has 0 fully saturated rings. The van der Waals surface area contributed by atoms with Gasteiger partial charge in [0.1, 0.15) is 0 Å². The maximum absolute atomic E-state index is 3.70. The van der Waals surface area contributed by atoms with E-state index in [4.69, 9.17) is 0 Å². The lowest BCUT2D eigenvalue weighted by molar-refractivity contribution is 0.520. The average Bonchev–Trinajstić information content (AvgIpc) is 3.01. The summed E-state index contributed by atoms with van der Waals surface area (Å²) >= 11 is 3.78. The fourth-order valence-corrected chi connectivity index (χ4v) is 4.12. The van der Waals surface area contributed by atoms with Gasteiger partial charge in [-0.05, 0) is 66.8 Å². The first-order valence-electron chi connectivity index (χ1n) is 7.72.